The predicted molar refractivity (Wildman–Crippen MR) is 243 cm³/mol. The number of unbranched alkanes of at least 4 members (excludes halogenated alkanes) is 18. The van der Waals surface area contributed by atoms with Gasteiger partial charge in [-0.3, -0.25) is 14.4 Å². The number of ether oxygens (including phenoxy) is 3. The number of rotatable bonds is 42. The molecule has 0 spiro atoms. The zero-order valence-electron chi connectivity index (χ0n) is 38.7. The third-order valence-electron chi connectivity index (χ3n) is 11.4. The number of carbonyl (C=O) groups excluding carboxylic acids is 3. The quantitative estimate of drug-likeness (QED) is 0.0263. The highest BCUT2D eigenvalue weighted by Gasteiger charge is 2.19. The van der Waals surface area contributed by atoms with Crippen molar-refractivity contribution in [1.29, 1.82) is 0 Å². The van der Waals surface area contributed by atoms with Crippen LogP contribution in [0.2, 0.25) is 0 Å². The molecule has 0 aliphatic rings. The van der Waals surface area contributed by atoms with E-state index in [9.17, 15) is 14.4 Å². The molecule has 0 saturated heterocycles. The van der Waals surface area contributed by atoms with Gasteiger partial charge in [-0.25, -0.2) is 0 Å². The average molecular weight is 814 g/mol. The second-order valence-electron chi connectivity index (χ2n) is 16.8. The third kappa shape index (κ3) is 36.5. The van der Waals surface area contributed by atoms with Gasteiger partial charge in [0.15, 0.2) is 0 Å². The lowest BCUT2D eigenvalue weighted by Gasteiger charge is -2.19. The Morgan fingerprint density at radius 2 is 1.00 bits per heavy atom. The van der Waals surface area contributed by atoms with Crippen molar-refractivity contribution in [3.05, 3.63) is 29.8 Å². The van der Waals surface area contributed by atoms with Crippen LogP contribution >= 0.6 is 0 Å². The number of allylic oxidation sites excluding steroid dienone is 1. The molecule has 0 aliphatic carbocycles. The number of carbonyl (C=O) groups is 3. The minimum Gasteiger partial charge on any atom is -0.466 e. The topological polar surface area (TPSA) is 82.1 Å². The first-order valence-corrected chi connectivity index (χ1v) is 24.4. The van der Waals surface area contributed by atoms with Crippen LogP contribution in [-0.4, -0.2) is 62.3 Å². The SMILES string of the molecule is C=C=C=C=CC(CCCCC)CC(=O)OCCCCCCCCCCC(CCCCCCCCCCOC(=O)CC(C)CCCCC)C(=O)OCCCN(CC)CC. The second-order valence-corrected chi connectivity index (χ2v) is 16.8. The largest absolute Gasteiger partial charge is 0.466 e. The molecule has 3 unspecified atom stereocenters. The van der Waals surface area contributed by atoms with Crippen molar-refractivity contribution in [3.8, 4) is 0 Å². The summed E-state index contributed by atoms with van der Waals surface area (Å²) >= 11 is 0. The van der Waals surface area contributed by atoms with Gasteiger partial charge in [-0.05, 0) is 81.8 Å². The van der Waals surface area contributed by atoms with Crippen LogP contribution < -0.4 is 0 Å². The minimum atomic E-state index is -0.124. The molecule has 0 saturated carbocycles. The van der Waals surface area contributed by atoms with Crippen LogP contribution in [0.1, 0.15) is 221 Å². The first-order chi connectivity index (χ1) is 28.3. The van der Waals surface area contributed by atoms with Gasteiger partial charge >= 0.3 is 17.9 Å². The second kappa shape index (κ2) is 42.6. The molecule has 58 heavy (non-hydrogen) atoms. The van der Waals surface area contributed by atoms with Crippen molar-refractivity contribution in [3.63, 3.8) is 0 Å². The Kier molecular flexibility index (Phi) is 40.7. The molecule has 7 heteroatoms. The van der Waals surface area contributed by atoms with Gasteiger partial charge in [0.2, 0.25) is 0 Å². The summed E-state index contributed by atoms with van der Waals surface area (Å²) in [5.74, 6) is 0.419. The van der Waals surface area contributed by atoms with Gasteiger partial charge in [-0.2, -0.15) is 0 Å². The van der Waals surface area contributed by atoms with Crippen molar-refractivity contribution < 1.29 is 28.6 Å². The summed E-state index contributed by atoms with van der Waals surface area (Å²) in [6, 6.07) is 0. The predicted octanol–water partition coefficient (Wildman–Crippen LogP) is 13.8. The van der Waals surface area contributed by atoms with Crippen LogP contribution in [0.5, 0.6) is 0 Å². The monoisotopic (exact) mass is 814 g/mol. The molecule has 336 valence electrons. The fourth-order valence-electron chi connectivity index (χ4n) is 7.55. The maximum atomic E-state index is 13.1. The Hall–Kier alpha value is -2.55. The Balaban J connectivity index is 4.28. The Labute approximate surface area is 358 Å². The molecule has 0 fully saturated rings. The number of esters is 3. The van der Waals surface area contributed by atoms with E-state index in [0.29, 0.717) is 38.6 Å². The molecule has 0 N–H and O–H groups in total. The molecule has 0 rings (SSSR count). The maximum Gasteiger partial charge on any atom is 0.308 e. The summed E-state index contributed by atoms with van der Waals surface area (Å²) < 4.78 is 16.8. The highest BCUT2D eigenvalue weighted by Crippen LogP contribution is 2.22. The minimum absolute atomic E-state index is 0.0112. The number of hydrogen-bond acceptors (Lipinski definition) is 7. The summed E-state index contributed by atoms with van der Waals surface area (Å²) in [5.41, 5.74) is 8.26. The normalized spacial score (nSPS) is 12.6. The molecule has 0 aromatic rings. The molecule has 3 atom stereocenters. The van der Waals surface area contributed by atoms with Gasteiger partial charge < -0.3 is 19.1 Å². The van der Waals surface area contributed by atoms with Crippen molar-refractivity contribution in [2.75, 3.05) is 39.5 Å². The molecule has 0 bridgehead atoms. The molecule has 0 amide bonds. The van der Waals surface area contributed by atoms with Gasteiger partial charge in [0.25, 0.3) is 0 Å². The molecule has 0 heterocycles. The molecule has 7 nitrogen and oxygen atoms in total. The smallest absolute Gasteiger partial charge is 0.308 e. The van der Waals surface area contributed by atoms with E-state index in [1.165, 1.54) is 70.6 Å². The van der Waals surface area contributed by atoms with Crippen LogP contribution in [0.25, 0.3) is 0 Å². The number of hydrogen-bond donors (Lipinski definition) is 0. The van der Waals surface area contributed by atoms with Gasteiger partial charge in [-0.15, -0.1) is 0 Å². The van der Waals surface area contributed by atoms with Crippen LogP contribution in [-0.2, 0) is 28.6 Å². The average Bonchev–Trinajstić information content (AvgIpc) is 3.21. The lowest BCUT2D eigenvalue weighted by atomic mass is 9.94. The summed E-state index contributed by atoms with van der Waals surface area (Å²) in [4.78, 5) is 40.0. The van der Waals surface area contributed by atoms with Crippen molar-refractivity contribution in [1.82, 2.24) is 4.90 Å². The van der Waals surface area contributed by atoms with Gasteiger partial charge in [-0.1, -0.05) is 181 Å². The zero-order valence-corrected chi connectivity index (χ0v) is 38.7. The van der Waals surface area contributed by atoms with Crippen LogP contribution in [0.3, 0.4) is 0 Å². The van der Waals surface area contributed by atoms with E-state index >= 15 is 0 Å². The van der Waals surface area contributed by atoms with E-state index in [1.807, 2.05) is 6.08 Å². The van der Waals surface area contributed by atoms with Gasteiger partial charge in [0.05, 0.1) is 32.2 Å². The Bertz CT molecular complexity index is 1100. The summed E-state index contributed by atoms with van der Waals surface area (Å²) in [6.07, 6.45) is 33.0. The summed E-state index contributed by atoms with van der Waals surface area (Å²) in [7, 11) is 0. The van der Waals surface area contributed by atoms with Gasteiger partial charge in [0, 0.05) is 13.0 Å². The van der Waals surface area contributed by atoms with E-state index in [4.69, 9.17) is 14.2 Å². The first-order valence-electron chi connectivity index (χ1n) is 24.4. The van der Waals surface area contributed by atoms with Crippen LogP contribution in [0.15, 0.2) is 29.8 Å². The highest BCUT2D eigenvalue weighted by atomic mass is 16.5. The zero-order chi connectivity index (χ0) is 42.7. The Morgan fingerprint density at radius 1 is 0.552 bits per heavy atom. The van der Waals surface area contributed by atoms with E-state index in [2.05, 4.69) is 63.3 Å². The summed E-state index contributed by atoms with van der Waals surface area (Å²) in [5, 5.41) is 0. The lowest BCUT2D eigenvalue weighted by molar-refractivity contribution is -0.149. The Morgan fingerprint density at radius 3 is 1.50 bits per heavy atom. The molecular formula is C51H91NO6. The van der Waals surface area contributed by atoms with E-state index in [-0.39, 0.29) is 29.7 Å². The molecule has 0 aromatic carbocycles. The van der Waals surface area contributed by atoms with E-state index < -0.39 is 0 Å². The standard InChI is InChI=1S/C51H91NO6/c1-7-12-27-35-46(6)44-49(53)56-41-32-25-21-17-15-19-23-30-38-48(51(55)58-43-34-40-52(10-4)11-5)39-31-24-20-16-18-22-26-33-42-57-50(54)45-47(36-28-13-8-2)37-29-14-9-3/h36,46-48H,2,7,9-12,14-27,29-35,37-45H2,1,3-6H3. The fraction of sp³-hybridized carbons (Fsp3) is 0.843. The maximum absolute atomic E-state index is 13.1. The van der Waals surface area contributed by atoms with E-state index in [1.54, 1.807) is 0 Å². The molecule has 0 radical (unpaired) electrons. The summed E-state index contributed by atoms with van der Waals surface area (Å²) in [6.45, 7) is 19.0. The van der Waals surface area contributed by atoms with Crippen molar-refractivity contribution in [2.45, 2.75) is 221 Å². The fourth-order valence-corrected chi connectivity index (χ4v) is 7.55. The lowest BCUT2D eigenvalue weighted by Crippen LogP contribution is -2.26. The molecular weight excluding hydrogens is 723 g/mol. The molecule has 0 aliphatic heterocycles. The number of nitrogens with zero attached hydrogens (tertiary/aromatic N) is 1. The van der Waals surface area contributed by atoms with Crippen LogP contribution in [0.4, 0.5) is 0 Å². The van der Waals surface area contributed by atoms with Crippen molar-refractivity contribution >= 4 is 17.9 Å². The van der Waals surface area contributed by atoms with Crippen molar-refractivity contribution in [2.24, 2.45) is 17.8 Å². The highest BCUT2D eigenvalue weighted by molar-refractivity contribution is 5.72. The third-order valence-corrected chi connectivity index (χ3v) is 11.4. The van der Waals surface area contributed by atoms with Gasteiger partial charge in [0.1, 0.15) is 0 Å². The van der Waals surface area contributed by atoms with E-state index in [0.717, 1.165) is 122 Å². The molecule has 0 aromatic heterocycles. The first kappa shape index (κ1) is 55.5. The van der Waals surface area contributed by atoms with Crippen LogP contribution in [0, 0.1) is 17.8 Å².